The number of sulfonamides is 1. The SMILES string of the molecule is CCCCCCNS(=O)(=O)c1cc(C)c(CN)s1. The monoisotopic (exact) mass is 290 g/mol. The average Bonchev–Trinajstić information content (AvgIpc) is 2.71. The summed E-state index contributed by atoms with van der Waals surface area (Å²) < 4.78 is 27.0. The van der Waals surface area contributed by atoms with Gasteiger partial charge in [0, 0.05) is 18.0 Å². The molecule has 3 N–H and O–H groups in total. The minimum atomic E-state index is -3.35. The molecule has 0 saturated carbocycles. The van der Waals surface area contributed by atoms with Crippen LogP contribution in [0.4, 0.5) is 0 Å². The van der Waals surface area contributed by atoms with Crippen LogP contribution in [0.1, 0.15) is 43.0 Å². The van der Waals surface area contributed by atoms with E-state index in [0.29, 0.717) is 17.3 Å². The van der Waals surface area contributed by atoms with Gasteiger partial charge in [-0.2, -0.15) is 0 Å². The summed E-state index contributed by atoms with van der Waals surface area (Å²) >= 11 is 1.26. The quantitative estimate of drug-likeness (QED) is 0.722. The summed E-state index contributed by atoms with van der Waals surface area (Å²) in [4.78, 5) is 0.932. The lowest BCUT2D eigenvalue weighted by atomic mass is 10.2. The van der Waals surface area contributed by atoms with Crippen molar-refractivity contribution in [2.45, 2.75) is 50.3 Å². The molecule has 0 saturated heterocycles. The first-order valence-corrected chi connectivity index (χ1v) is 8.60. The third kappa shape index (κ3) is 4.35. The van der Waals surface area contributed by atoms with Crippen LogP contribution in [-0.2, 0) is 16.6 Å². The lowest BCUT2D eigenvalue weighted by Gasteiger charge is -2.04. The van der Waals surface area contributed by atoms with Crippen LogP contribution >= 0.6 is 11.3 Å². The zero-order valence-electron chi connectivity index (χ0n) is 11.0. The number of nitrogens with one attached hydrogen (secondary N) is 1. The van der Waals surface area contributed by atoms with E-state index in [1.807, 2.05) is 6.92 Å². The number of unbranched alkanes of at least 4 members (excludes halogenated alkanes) is 3. The summed E-state index contributed by atoms with van der Waals surface area (Å²) in [6.45, 7) is 4.92. The minimum absolute atomic E-state index is 0.371. The van der Waals surface area contributed by atoms with Crippen LogP contribution in [0.2, 0.25) is 0 Å². The van der Waals surface area contributed by atoms with E-state index in [0.717, 1.165) is 36.1 Å². The van der Waals surface area contributed by atoms with Crippen molar-refractivity contribution in [3.05, 3.63) is 16.5 Å². The van der Waals surface area contributed by atoms with Crippen molar-refractivity contribution in [3.8, 4) is 0 Å². The fourth-order valence-electron chi connectivity index (χ4n) is 1.65. The van der Waals surface area contributed by atoms with Crippen molar-refractivity contribution < 1.29 is 8.42 Å². The van der Waals surface area contributed by atoms with E-state index in [-0.39, 0.29) is 0 Å². The van der Waals surface area contributed by atoms with Gasteiger partial charge in [-0.3, -0.25) is 0 Å². The van der Waals surface area contributed by atoms with Gasteiger partial charge in [-0.1, -0.05) is 26.2 Å². The molecule has 0 unspecified atom stereocenters. The van der Waals surface area contributed by atoms with Gasteiger partial charge >= 0.3 is 0 Å². The number of rotatable bonds is 8. The van der Waals surface area contributed by atoms with Crippen LogP contribution in [0.15, 0.2) is 10.3 Å². The van der Waals surface area contributed by atoms with Crippen LogP contribution in [0.25, 0.3) is 0 Å². The molecule has 104 valence electrons. The lowest BCUT2D eigenvalue weighted by molar-refractivity contribution is 0.575. The predicted molar refractivity (Wildman–Crippen MR) is 76.3 cm³/mol. The smallest absolute Gasteiger partial charge is 0.250 e. The second kappa shape index (κ2) is 7.23. The Hall–Kier alpha value is -0.430. The fraction of sp³-hybridized carbons (Fsp3) is 0.667. The summed E-state index contributed by atoms with van der Waals surface area (Å²) in [5, 5.41) is 0. The molecule has 4 nitrogen and oxygen atoms in total. The summed E-state index contributed by atoms with van der Waals surface area (Å²) in [6.07, 6.45) is 4.26. The Bertz CT molecular complexity index is 466. The highest BCUT2D eigenvalue weighted by Crippen LogP contribution is 2.25. The summed E-state index contributed by atoms with van der Waals surface area (Å²) in [7, 11) is -3.35. The van der Waals surface area contributed by atoms with Gasteiger partial charge < -0.3 is 5.73 Å². The van der Waals surface area contributed by atoms with E-state index in [9.17, 15) is 8.42 Å². The molecule has 1 rings (SSSR count). The van der Waals surface area contributed by atoms with E-state index in [4.69, 9.17) is 5.73 Å². The molecule has 6 heteroatoms. The Balaban J connectivity index is 2.57. The van der Waals surface area contributed by atoms with Crippen molar-refractivity contribution >= 4 is 21.4 Å². The summed E-state index contributed by atoms with van der Waals surface area (Å²) in [6, 6.07) is 1.70. The average molecular weight is 290 g/mol. The van der Waals surface area contributed by atoms with Gasteiger partial charge in [0.15, 0.2) is 0 Å². The number of hydrogen-bond acceptors (Lipinski definition) is 4. The molecule has 1 aromatic heterocycles. The van der Waals surface area contributed by atoms with Crippen LogP contribution in [-0.4, -0.2) is 15.0 Å². The molecule has 1 aromatic rings. The van der Waals surface area contributed by atoms with Crippen LogP contribution in [0, 0.1) is 6.92 Å². The molecule has 1 heterocycles. The van der Waals surface area contributed by atoms with Crippen molar-refractivity contribution in [1.82, 2.24) is 4.72 Å². The largest absolute Gasteiger partial charge is 0.326 e. The molecule has 0 radical (unpaired) electrons. The molecule has 0 amide bonds. The molecular formula is C12H22N2O2S2. The molecule has 0 bridgehead atoms. The van der Waals surface area contributed by atoms with Gasteiger partial charge in [0.2, 0.25) is 10.0 Å². The fourth-order valence-corrected chi connectivity index (χ4v) is 4.24. The number of hydrogen-bond donors (Lipinski definition) is 2. The van der Waals surface area contributed by atoms with E-state index in [2.05, 4.69) is 11.6 Å². The molecule has 0 fully saturated rings. The van der Waals surface area contributed by atoms with Gasteiger partial charge in [0.25, 0.3) is 0 Å². The first-order chi connectivity index (χ1) is 8.51. The standard InChI is InChI=1S/C12H22N2O2S2/c1-3-4-5-6-7-14-18(15,16)12-8-10(2)11(9-13)17-12/h8,14H,3-7,9,13H2,1-2H3. The molecule has 0 atom stereocenters. The Kier molecular flexibility index (Phi) is 6.28. The van der Waals surface area contributed by atoms with Crippen LogP contribution in [0.5, 0.6) is 0 Å². The number of thiophene rings is 1. The Morgan fingerprint density at radius 2 is 2.06 bits per heavy atom. The Morgan fingerprint density at radius 3 is 2.61 bits per heavy atom. The van der Waals surface area contributed by atoms with Crippen LogP contribution < -0.4 is 10.5 Å². The maximum Gasteiger partial charge on any atom is 0.250 e. The summed E-state index contributed by atoms with van der Waals surface area (Å²) in [5.74, 6) is 0. The highest BCUT2D eigenvalue weighted by Gasteiger charge is 2.17. The van der Waals surface area contributed by atoms with Crippen molar-refractivity contribution in [2.75, 3.05) is 6.54 Å². The van der Waals surface area contributed by atoms with Gasteiger partial charge in [-0.15, -0.1) is 11.3 Å². The lowest BCUT2D eigenvalue weighted by Crippen LogP contribution is -2.23. The van der Waals surface area contributed by atoms with Crippen molar-refractivity contribution in [3.63, 3.8) is 0 Å². The topological polar surface area (TPSA) is 72.2 Å². The van der Waals surface area contributed by atoms with Crippen molar-refractivity contribution in [2.24, 2.45) is 5.73 Å². The number of nitrogens with two attached hydrogens (primary N) is 1. The molecule has 0 aromatic carbocycles. The zero-order chi connectivity index (χ0) is 13.6. The predicted octanol–water partition coefficient (Wildman–Crippen LogP) is 2.37. The zero-order valence-corrected chi connectivity index (χ0v) is 12.7. The highest BCUT2D eigenvalue weighted by molar-refractivity contribution is 7.91. The van der Waals surface area contributed by atoms with E-state index in [1.165, 1.54) is 11.3 Å². The number of aryl methyl sites for hydroxylation is 1. The molecule has 18 heavy (non-hydrogen) atoms. The molecule has 0 aliphatic carbocycles. The maximum atomic E-state index is 12.0. The third-order valence-corrected chi connectivity index (χ3v) is 5.96. The highest BCUT2D eigenvalue weighted by atomic mass is 32.2. The van der Waals surface area contributed by atoms with Crippen molar-refractivity contribution in [1.29, 1.82) is 0 Å². The van der Waals surface area contributed by atoms with Gasteiger partial charge in [0.1, 0.15) is 4.21 Å². The van der Waals surface area contributed by atoms with E-state index >= 15 is 0 Å². The van der Waals surface area contributed by atoms with Crippen LogP contribution in [0.3, 0.4) is 0 Å². The first kappa shape index (κ1) is 15.6. The molecule has 0 aliphatic rings. The van der Waals surface area contributed by atoms with Gasteiger partial charge in [-0.25, -0.2) is 13.1 Å². The van der Waals surface area contributed by atoms with E-state index < -0.39 is 10.0 Å². The van der Waals surface area contributed by atoms with Gasteiger partial charge in [0.05, 0.1) is 0 Å². The molecular weight excluding hydrogens is 268 g/mol. The normalized spacial score (nSPS) is 11.9. The Labute approximate surface area is 114 Å². The second-order valence-corrected chi connectivity index (χ2v) is 7.46. The minimum Gasteiger partial charge on any atom is -0.326 e. The third-order valence-electron chi connectivity index (χ3n) is 2.77. The maximum absolute atomic E-state index is 12.0. The molecule has 0 spiro atoms. The second-order valence-electron chi connectivity index (χ2n) is 4.33. The summed E-state index contributed by atoms with van der Waals surface area (Å²) in [5.41, 5.74) is 6.51. The van der Waals surface area contributed by atoms with E-state index in [1.54, 1.807) is 6.07 Å². The Morgan fingerprint density at radius 1 is 1.33 bits per heavy atom. The first-order valence-electron chi connectivity index (χ1n) is 6.30. The molecule has 0 aliphatic heterocycles. The van der Waals surface area contributed by atoms with Gasteiger partial charge in [-0.05, 0) is 25.0 Å².